The van der Waals surface area contributed by atoms with Crippen LogP contribution >= 0.6 is 11.6 Å². The van der Waals surface area contributed by atoms with E-state index in [9.17, 15) is 13.2 Å². The van der Waals surface area contributed by atoms with Crippen molar-refractivity contribution < 1.29 is 13.2 Å². The number of halogens is 1. The molecule has 0 saturated carbocycles. The van der Waals surface area contributed by atoms with E-state index in [1.54, 1.807) is 19.1 Å². The van der Waals surface area contributed by atoms with E-state index in [0.29, 0.717) is 22.6 Å². The molecule has 0 aliphatic rings. The summed E-state index contributed by atoms with van der Waals surface area (Å²) in [4.78, 5) is 11.4. The Labute approximate surface area is 95.0 Å². The fraction of sp³-hybridized carbons (Fsp3) is 0.300. The van der Waals surface area contributed by atoms with Gasteiger partial charge in [0.25, 0.3) is 0 Å². The van der Waals surface area contributed by atoms with Gasteiger partial charge in [-0.2, -0.15) is 0 Å². The summed E-state index contributed by atoms with van der Waals surface area (Å²) in [5, 5.41) is 0.316. The minimum atomic E-state index is -2.46. The molecule has 0 N–H and O–H groups in total. The minimum absolute atomic E-state index is 0.0435. The van der Waals surface area contributed by atoms with Crippen LogP contribution in [0.15, 0.2) is 18.2 Å². The first-order valence-corrected chi connectivity index (χ1v) is 6.22. The van der Waals surface area contributed by atoms with E-state index in [2.05, 4.69) is 0 Å². The Morgan fingerprint density at radius 3 is 2.53 bits per heavy atom. The fourth-order valence-electron chi connectivity index (χ4n) is 1.22. The molecule has 0 amide bonds. The van der Waals surface area contributed by atoms with Crippen molar-refractivity contribution in [3.8, 4) is 0 Å². The Bertz CT molecular complexity index is 444. The summed E-state index contributed by atoms with van der Waals surface area (Å²) < 4.78 is 21.0. The Morgan fingerprint density at radius 1 is 1.40 bits per heavy atom. The van der Waals surface area contributed by atoms with Gasteiger partial charge in [-0.05, 0) is 17.7 Å². The molecule has 0 unspecified atom stereocenters. The lowest BCUT2D eigenvalue weighted by Crippen LogP contribution is -1.98. The van der Waals surface area contributed by atoms with E-state index in [4.69, 9.17) is 11.6 Å². The molecule has 0 aliphatic heterocycles. The summed E-state index contributed by atoms with van der Waals surface area (Å²) in [5.41, 5.74) is 1.05. The third-order valence-corrected chi connectivity index (χ3v) is 2.90. The third-order valence-electron chi connectivity index (χ3n) is 1.97. The van der Waals surface area contributed by atoms with E-state index in [0.717, 1.165) is 0 Å². The molecule has 15 heavy (non-hydrogen) atoms. The molecule has 0 heterocycles. The summed E-state index contributed by atoms with van der Waals surface area (Å²) >= 11 is 5.87. The van der Waals surface area contributed by atoms with E-state index in [1.807, 2.05) is 0 Å². The average molecular weight is 247 g/mol. The zero-order valence-electron chi connectivity index (χ0n) is 8.20. The molecule has 1 aromatic carbocycles. The van der Waals surface area contributed by atoms with Crippen LogP contribution in [0.2, 0.25) is 5.02 Å². The highest BCUT2D eigenvalue weighted by atomic mass is 35.5. The summed E-state index contributed by atoms with van der Waals surface area (Å²) in [5.74, 6) is -0.0894. The average Bonchev–Trinajstić information content (AvgIpc) is 2.16. The normalized spacial score (nSPS) is 10.6. The van der Waals surface area contributed by atoms with Gasteiger partial charge in [-0.25, -0.2) is 8.42 Å². The molecule has 0 radical (unpaired) electrons. The van der Waals surface area contributed by atoms with Gasteiger partial charge in [0.05, 0.1) is 10.8 Å². The van der Waals surface area contributed by atoms with Crippen LogP contribution in [0, 0.1) is 0 Å². The molecule has 0 saturated heterocycles. The van der Waals surface area contributed by atoms with E-state index >= 15 is 0 Å². The quantitative estimate of drug-likeness (QED) is 0.654. The molecule has 82 valence electrons. The van der Waals surface area contributed by atoms with Crippen molar-refractivity contribution in [2.24, 2.45) is 0 Å². The number of carbonyl (C=O) groups excluding carboxylic acids is 1. The summed E-state index contributed by atoms with van der Waals surface area (Å²) in [6.07, 6.45) is 0.384. The van der Waals surface area contributed by atoms with Crippen LogP contribution in [0.5, 0.6) is 0 Å². The van der Waals surface area contributed by atoms with E-state index in [1.165, 1.54) is 6.07 Å². The molecule has 3 nitrogen and oxygen atoms in total. The number of benzene rings is 1. The van der Waals surface area contributed by atoms with Gasteiger partial charge >= 0.3 is 0 Å². The highest BCUT2D eigenvalue weighted by molar-refractivity contribution is 7.71. The van der Waals surface area contributed by atoms with Crippen molar-refractivity contribution in [2.75, 3.05) is 0 Å². The predicted octanol–water partition coefficient (Wildman–Crippen LogP) is 2.04. The number of ketones is 1. The second kappa shape index (κ2) is 5.28. The van der Waals surface area contributed by atoms with Gasteiger partial charge in [0.15, 0.2) is 5.78 Å². The number of hydrogen-bond acceptors (Lipinski definition) is 3. The van der Waals surface area contributed by atoms with Gasteiger partial charge < -0.3 is 0 Å². The van der Waals surface area contributed by atoms with Gasteiger partial charge in [0.2, 0.25) is 0 Å². The fourth-order valence-corrected chi connectivity index (χ4v) is 2.03. The van der Waals surface area contributed by atoms with Gasteiger partial charge in [-0.1, -0.05) is 24.6 Å². The Kier molecular flexibility index (Phi) is 4.29. The largest absolute Gasteiger partial charge is 0.294 e. The lowest BCUT2D eigenvalue weighted by Gasteiger charge is -2.03. The molecular weight excluding hydrogens is 236 g/mol. The molecule has 5 heteroatoms. The first kappa shape index (κ1) is 12.2. The minimum Gasteiger partial charge on any atom is -0.294 e. The zero-order valence-corrected chi connectivity index (χ0v) is 9.85. The molecule has 0 bridgehead atoms. The summed E-state index contributed by atoms with van der Waals surface area (Å²) in [7, 11) is -2.46. The summed E-state index contributed by atoms with van der Waals surface area (Å²) in [6.45, 7) is 1.75. The topological polar surface area (TPSA) is 51.2 Å². The smallest absolute Gasteiger partial charge is 0.164 e. The van der Waals surface area contributed by atoms with Crippen molar-refractivity contribution in [1.29, 1.82) is 0 Å². The van der Waals surface area contributed by atoms with Crippen LogP contribution in [-0.4, -0.2) is 14.2 Å². The molecule has 1 aromatic rings. The van der Waals surface area contributed by atoms with Crippen molar-refractivity contribution in [3.05, 3.63) is 34.3 Å². The maximum atomic E-state index is 11.4. The third kappa shape index (κ3) is 3.32. The Balaban J connectivity index is 3.02. The second-order valence-electron chi connectivity index (χ2n) is 3.08. The first-order valence-electron chi connectivity index (χ1n) is 4.48. The highest BCUT2D eigenvalue weighted by Gasteiger charge is 2.08. The molecule has 0 fully saturated rings. The number of carbonyl (C=O) groups is 1. The van der Waals surface area contributed by atoms with E-state index in [-0.39, 0.29) is 11.5 Å². The molecular formula is C10H11ClO3S. The molecule has 0 atom stereocenters. The van der Waals surface area contributed by atoms with Crippen LogP contribution in [-0.2, 0) is 16.5 Å². The van der Waals surface area contributed by atoms with Gasteiger partial charge in [-0.15, -0.1) is 0 Å². The van der Waals surface area contributed by atoms with Crippen LogP contribution in [0.3, 0.4) is 0 Å². The van der Waals surface area contributed by atoms with Crippen molar-refractivity contribution in [1.82, 2.24) is 0 Å². The second-order valence-corrected chi connectivity index (χ2v) is 4.47. The highest BCUT2D eigenvalue weighted by Crippen LogP contribution is 2.19. The van der Waals surface area contributed by atoms with Gasteiger partial charge in [0.1, 0.15) is 10.7 Å². The van der Waals surface area contributed by atoms with E-state index < -0.39 is 10.7 Å². The maximum Gasteiger partial charge on any atom is 0.164 e. The first-order chi connectivity index (χ1) is 7.04. The lowest BCUT2D eigenvalue weighted by molar-refractivity contribution is 0.0988. The summed E-state index contributed by atoms with van der Waals surface area (Å²) in [6, 6.07) is 4.71. The monoisotopic (exact) mass is 246 g/mol. The van der Waals surface area contributed by atoms with Crippen molar-refractivity contribution >= 4 is 28.1 Å². The van der Waals surface area contributed by atoms with Crippen LogP contribution < -0.4 is 0 Å². The zero-order chi connectivity index (χ0) is 11.4. The van der Waals surface area contributed by atoms with Crippen LogP contribution in [0.25, 0.3) is 0 Å². The SMILES string of the molecule is CCC(=O)c1ccc(C[SH](=O)=O)cc1Cl. The lowest BCUT2D eigenvalue weighted by atomic mass is 10.1. The molecule has 1 rings (SSSR count). The maximum absolute atomic E-state index is 11.4. The van der Waals surface area contributed by atoms with Gasteiger partial charge in [0, 0.05) is 12.0 Å². The number of rotatable bonds is 4. The Morgan fingerprint density at radius 2 is 2.07 bits per heavy atom. The molecule has 0 aromatic heterocycles. The van der Waals surface area contributed by atoms with Gasteiger partial charge in [-0.3, -0.25) is 4.79 Å². The van der Waals surface area contributed by atoms with Crippen molar-refractivity contribution in [2.45, 2.75) is 19.1 Å². The number of Topliss-reactive ketones (excluding diaryl/α,β-unsaturated/α-hetero) is 1. The standard InChI is InChI=1S/C10H11ClO3S/c1-2-10(12)8-4-3-7(5-9(8)11)6-15(13)14/h3-5,15H,2,6H2,1H3. The van der Waals surface area contributed by atoms with Crippen molar-refractivity contribution in [3.63, 3.8) is 0 Å². The van der Waals surface area contributed by atoms with Crippen LogP contribution in [0.1, 0.15) is 29.3 Å². The molecule has 0 spiro atoms. The van der Waals surface area contributed by atoms with Crippen LogP contribution in [0.4, 0.5) is 0 Å². The molecule has 0 aliphatic carbocycles. The number of hydrogen-bond donors (Lipinski definition) is 1. The number of thiol groups is 1. The predicted molar refractivity (Wildman–Crippen MR) is 60.1 cm³/mol. The Hall–Kier alpha value is -0.870.